The van der Waals surface area contributed by atoms with Crippen LogP contribution in [0.2, 0.25) is 0 Å². The van der Waals surface area contributed by atoms with Crippen LogP contribution in [0, 0.1) is 0 Å². The Kier molecular flexibility index (Phi) is 5.02. The molecule has 106 valence electrons. The highest BCUT2D eigenvalue weighted by atomic mass is 16.5. The molecule has 0 aliphatic carbocycles. The summed E-state index contributed by atoms with van der Waals surface area (Å²) < 4.78 is 10.8. The summed E-state index contributed by atoms with van der Waals surface area (Å²) in [4.78, 5) is 0. The van der Waals surface area contributed by atoms with Gasteiger partial charge in [0.15, 0.2) is 11.5 Å². The van der Waals surface area contributed by atoms with Crippen molar-refractivity contribution in [2.75, 3.05) is 20.8 Å². The van der Waals surface area contributed by atoms with Crippen molar-refractivity contribution in [2.24, 2.45) is 5.73 Å². The lowest BCUT2D eigenvalue weighted by Crippen LogP contribution is -2.07. The minimum atomic E-state index is 0.622. The van der Waals surface area contributed by atoms with Crippen LogP contribution >= 0.6 is 0 Å². The first-order chi connectivity index (χ1) is 9.78. The van der Waals surface area contributed by atoms with Crippen molar-refractivity contribution in [3.63, 3.8) is 0 Å². The predicted octanol–water partition coefficient (Wildman–Crippen LogP) is 2.80. The van der Waals surface area contributed by atoms with Gasteiger partial charge in [-0.1, -0.05) is 30.3 Å². The third-order valence-corrected chi connectivity index (χ3v) is 3.36. The normalized spacial score (nSPS) is 10.3. The largest absolute Gasteiger partial charge is 0.493 e. The van der Waals surface area contributed by atoms with Crippen LogP contribution in [0.3, 0.4) is 0 Å². The second-order valence-corrected chi connectivity index (χ2v) is 4.68. The third kappa shape index (κ3) is 3.31. The summed E-state index contributed by atoms with van der Waals surface area (Å²) in [6.07, 6.45) is 1.71. The van der Waals surface area contributed by atoms with Crippen molar-refractivity contribution >= 4 is 0 Å². The van der Waals surface area contributed by atoms with Gasteiger partial charge in [0.05, 0.1) is 14.2 Å². The maximum atomic E-state index is 5.71. The lowest BCUT2D eigenvalue weighted by molar-refractivity contribution is 0.354. The monoisotopic (exact) mass is 271 g/mol. The fraction of sp³-hybridized carbons (Fsp3) is 0.294. The average Bonchev–Trinajstić information content (AvgIpc) is 2.49. The third-order valence-electron chi connectivity index (χ3n) is 3.36. The van der Waals surface area contributed by atoms with Gasteiger partial charge in [-0.2, -0.15) is 0 Å². The van der Waals surface area contributed by atoms with E-state index in [1.165, 1.54) is 16.7 Å². The molecular formula is C17H21NO2. The Labute approximate surface area is 120 Å². The van der Waals surface area contributed by atoms with Crippen molar-refractivity contribution in [3.8, 4) is 11.5 Å². The summed E-state index contributed by atoms with van der Waals surface area (Å²) in [5, 5.41) is 0. The van der Waals surface area contributed by atoms with E-state index in [4.69, 9.17) is 15.2 Å². The van der Waals surface area contributed by atoms with E-state index in [9.17, 15) is 0 Å². The molecule has 20 heavy (non-hydrogen) atoms. The quantitative estimate of drug-likeness (QED) is 0.878. The molecule has 2 aromatic carbocycles. The highest BCUT2D eigenvalue weighted by molar-refractivity contribution is 5.49. The Morgan fingerprint density at radius 3 is 2.05 bits per heavy atom. The van der Waals surface area contributed by atoms with Gasteiger partial charge in [0, 0.05) is 0 Å². The minimum absolute atomic E-state index is 0.622. The van der Waals surface area contributed by atoms with Gasteiger partial charge in [-0.25, -0.2) is 0 Å². The fourth-order valence-electron chi connectivity index (χ4n) is 2.33. The Balaban J connectivity index is 2.38. The van der Waals surface area contributed by atoms with E-state index in [0.717, 1.165) is 24.3 Å². The first-order valence-electron chi connectivity index (χ1n) is 6.76. The second-order valence-electron chi connectivity index (χ2n) is 4.68. The molecule has 3 heteroatoms. The molecule has 2 N–H and O–H groups in total. The van der Waals surface area contributed by atoms with Gasteiger partial charge in [0.1, 0.15) is 0 Å². The zero-order valence-corrected chi connectivity index (χ0v) is 12.1. The summed E-state index contributed by atoms with van der Waals surface area (Å²) in [6, 6.07) is 14.5. The van der Waals surface area contributed by atoms with Gasteiger partial charge in [0.2, 0.25) is 0 Å². The van der Waals surface area contributed by atoms with Gasteiger partial charge in [0.25, 0.3) is 0 Å². The van der Waals surface area contributed by atoms with Crippen molar-refractivity contribution in [2.45, 2.75) is 12.8 Å². The molecule has 0 aliphatic heterocycles. The van der Waals surface area contributed by atoms with Crippen molar-refractivity contribution in [1.29, 1.82) is 0 Å². The molecule has 0 fully saturated rings. The van der Waals surface area contributed by atoms with Crippen LogP contribution in [0.5, 0.6) is 11.5 Å². The number of ether oxygens (including phenoxy) is 2. The van der Waals surface area contributed by atoms with E-state index in [-0.39, 0.29) is 0 Å². The summed E-state index contributed by atoms with van der Waals surface area (Å²) in [6.45, 7) is 0.622. The maximum Gasteiger partial charge on any atom is 0.161 e. The second kappa shape index (κ2) is 6.96. The van der Waals surface area contributed by atoms with Gasteiger partial charge in [-0.15, -0.1) is 0 Å². The van der Waals surface area contributed by atoms with Crippen LogP contribution in [0.25, 0.3) is 0 Å². The zero-order chi connectivity index (χ0) is 14.4. The van der Waals surface area contributed by atoms with Crippen molar-refractivity contribution < 1.29 is 9.47 Å². The number of hydrogen-bond acceptors (Lipinski definition) is 3. The molecule has 0 spiro atoms. The maximum absolute atomic E-state index is 5.71. The lowest BCUT2D eigenvalue weighted by Gasteiger charge is -2.15. The summed E-state index contributed by atoms with van der Waals surface area (Å²) >= 11 is 0. The van der Waals surface area contributed by atoms with Gasteiger partial charge in [-0.05, 0) is 48.2 Å². The van der Waals surface area contributed by atoms with Crippen LogP contribution < -0.4 is 15.2 Å². The Morgan fingerprint density at radius 1 is 0.900 bits per heavy atom. The Bertz CT molecular complexity index is 552. The summed E-state index contributed by atoms with van der Waals surface area (Å²) in [5.41, 5.74) is 9.44. The van der Waals surface area contributed by atoms with E-state index < -0.39 is 0 Å². The molecule has 2 rings (SSSR count). The van der Waals surface area contributed by atoms with Gasteiger partial charge >= 0.3 is 0 Å². The highest BCUT2D eigenvalue weighted by Gasteiger charge is 2.11. The van der Waals surface area contributed by atoms with Crippen LogP contribution in [-0.2, 0) is 12.8 Å². The van der Waals surface area contributed by atoms with E-state index in [0.29, 0.717) is 6.54 Å². The molecule has 0 aromatic heterocycles. The summed E-state index contributed by atoms with van der Waals surface area (Å²) in [7, 11) is 3.31. The standard InChI is InChI=1S/C17H21NO2/c1-19-16-11-14(8-9-18)15(12-17(16)20-2)10-13-6-4-3-5-7-13/h3-7,11-12H,8-10,18H2,1-2H3. The molecular weight excluding hydrogens is 250 g/mol. The molecule has 0 aliphatic rings. The van der Waals surface area contributed by atoms with Gasteiger partial charge < -0.3 is 15.2 Å². The average molecular weight is 271 g/mol. The lowest BCUT2D eigenvalue weighted by atomic mass is 9.97. The topological polar surface area (TPSA) is 44.5 Å². The minimum Gasteiger partial charge on any atom is -0.493 e. The highest BCUT2D eigenvalue weighted by Crippen LogP contribution is 2.31. The molecule has 0 unspecified atom stereocenters. The first-order valence-corrected chi connectivity index (χ1v) is 6.76. The molecule has 2 aromatic rings. The van der Waals surface area contributed by atoms with Gasteiger partial charge in [-0.3, -0.25) is 0 Å². The molecule has 3 nitrogen and oxygen atoms in total. The van der Waals surface area contributed by atoms with Crippen LogP contribution in [0.1, 0.15) is 16.7 Å². The molecule has 0 atom stereocenters. The number of rotatable bonds is 6. The molecule has 0 saturated carbocycles. The zero-order valence-electron chi connectivity index (χ0n) is 12.1. The number of benzene rings is 2. The molecule has 0 amide bonds. The van der Waals surface area contributed by atoms with Crippen LogP contribution in [0.4, 0.5) is 0 Å². The molecule has 0 bridgehead atoms. The smallest absolute Gasteiger partial charge is 0.161 e. The van der Waals surface area contributed by atoms with Crippen LogP contribution in [-0.4, -0.2) is 20.8 Å². The first kappa shape index (κ1) is 14.4. The SMILES string of the molecule is COc1cc(CCN)c(Cc2ccccc2)cc1OC. The number of methoxy groups -OCH3 is 2. The van der Waals surface area contributed by atoms with Crippen LogP contribution in [0.15, 0.2) is 42.5 Å². The van der Waals surface area contributed by atoms with E-state index >= 15 is 0 Å². The number of nitrogens with two attached hydrogens (primary N) is 1. The van der Waals surface area contributed by atoms with E-state index in [1.54, 1.807) is 14.2 Å². The van der Waals surface area contributed by atoms with Crippen molar-refractivity contribution in [1.82, 2.24) is 0 Å². The molecule has 0 saturated heterocycles. The Hall–Kier alpha value is -2.00. The van der Waals surface area contributed by atoms with E-state index in [1.807, 2.05) is 12.1 Å². The van der Waals surface area contributed by atoms with Crippen molar-refractivity contribution in [3.05, 3.63) is 59.2 Å². The molecule has 0 heterocycles. The summed E-state index contributed by atoms with van der Waals surface area (Å²) in [5.74, 6) is 1.52. The Morgan fingerprint density at radius 2 is 1.50 bits per heavy atom. The van der Waals surface area contributed by atoms with E-state index in [2.05, 4.69) is 30.3 Å². The number of hydrogen-bond donors (Lipinski definition) is 1. The fourth-order valence-corrected chi connectivity index (χ4v) is 2.33. The predicted molar refractivity (Wildman–Crippen MR) is 81.6 cm³/mol. The molecule has 0 radical (unpaired) electrons.